The highest BCUT2D eigenvalue weighted by Crippen LogP contribution is 2.23. The van der Waals surface area contributed by atoms with Crippen molar-refractivity contribution < 1.29 is 0 Å². The van der Waals surface area contributed by atoms with Gasteiger partial charge in [0.1, 0.15) is 0 Å². The first-order chi connectivity index (χ1) is 8.08. The zero-order chi connectivity index (χ0) is 12.7. The van der Waals surface area contributed by atoms with Crippen molar-refractivity contribution in [2.24, 2.45) is 11.8 Å². The molecule has 2 unspecified atom stereocenters. The molecule has 0 saturated heterocycles. The third kappa shape index (κ3) is 7.05. The maximum absolute atomic E-state index is 3.73. The molecule has 102 valence electrons. The van der Waals surface area contributed by atoms with Gasteiger partial charge < -0.3 is 10.2 Å². The molecule has 1 N–H and O–H groups in total. The van der Waals surface area contributed by atoms with E-state index < -0.39 is 0 Å². The molecule has 1 aliphatic rings. The number of nitrogens with one attached hydrogen (secondary N) is 1. The zero-order valence-electron chi connectivity index (χ0n) is 12.3. The van der Waals surface area contributed by atoms with Gasteiger partial charge in [-0.3, -0.25) is 0 Å². The molecule has 0 amide bonds. The van der Waals surface area contributed by atoms with Gasteiger partial charge in [0, 0.05) is 19.1 Å². The van der Waals surface area contributed by atoms with Crippen molar-refractivity contribution in [3.8, 4) is 0 Å². The molecule has 0 aliphatic heterocycles. The monoisotopic (exact) mass is 240 g/mol. The number of hydrogen-bond acceptors (Lipinski definition) is 2. The molecule has 0 spiro atoms. The van der Waals surface area contributed by atoms with Crippen molar-refractivity contribution in [3.05, 3.63) is 0 Å². The average molecular weight is 240 g/mol. The van der Waals surface area contributed by atoms with Crippen molar-refractivity contribution in [1.29, 1.82) is 0 Å². The number of likely N-dealkylation sites (N-methyl/N-ethyl adjacent to an activating group) is 1. The van der Waals surface area contributed by atoms with E-state index in [0.717, 1.165) is 24.4 Å². The Kier molecular flexibility index (Phi) is 7.14. The number of nitrogens with zero attached hydrogens (tertiary/aromatic N) is 1. The van der Waals surface area contributed by atoms with Crippen LogP contribution in [0.3, 0.4) is 0 Å². The lowest BCUT2D eigenvalue weighted by Gasteiger charge is -2.28. The molecule has 1 rings (SSSR count). The van der Waals surface area contributed by atoms with Crippen LogP contribution in [0.2, 0.25) is 0 Å². The normalized spacial score (nSPS) is 25.8. The van der Waals surface area contributed by atoms with Gasteiger partial charge >= 0.3 is 0 Å². The average Bonchev–Trinajstić information content (AvgIpc) is 2.26. The minimum Gasteiger partial charge on any atom is -0.313 e. The summed E-state index contributed by atoms with van der Waals surface area (Å²) in [6, 6.07) is 0.789. The fourth-order valence-corrected chi connectivity index (χ4v) is 2.67. The first kappa shape index (κ1) is 15.0. The lowest BCUT2D eigenvalue weighted by Crippen LogP contribution is -2.38. The van der Waals surface area contributed by atoms with Crippen LogP contribution in [-0.4, -0.2) is 37.6 Å². The molecule has 0 heterocycles. The molecule has 1 fully saturated rings. The Balaban J connectivity index is 2.02. The van der Waals surface area contributed by atoms with E-state index >= 15 is 0 Å². The van der Waals surface area contributed by atoms with E-state index in [1.807, 2.05) is 0 Å². The Labute approximate surface area is 108 Å². The molecule has 0 aromatic heterocycles. The van der Waals surface area contributed by atoms with Gasteiger partial charge in [0.15, 0.2) is 0 Å². The van der Waals surface area contributed by atoms with Gasteiger partial charge in [-0.25, -0.2) is 0 Å². The van der Waals surface area contributed by atoms with Crippen LogP contribution in [0.15, 0.2) is 0 Å². The summed E-state index contributed by atoms with van der Waals surface area (Å²) in [7, 11) is 2.24. The molecule has 0 radical (unpaired) electrons. The molecule has 1 saturated carbocycles. The summed E-state index contributed by atoms with van der Waals surface area (Å²) in [5, 5.41) is 3.73. The molecule has 0 aromatic carbocycles. The second-order valence-corrected chi connectivity index (χ2v) is 6.41. The van der Waals surface area contributed by atoms with Crippen LogP contribution in [0.25, 0.3) is 0 Å². The minimum absolute atomic E-state index is 0.789. The third-order valence-corrected chi connectivity index (χ3v) is 3.95. The molecule has 2 heteroatoms. The van der Waals surface area contributed by atoms with Crippen LogP contribution in [0.4, 0.5) is 0 Å². The Bertz CT molecular complexity index is 191. The number of hydrogen-bond donors (Lipinski definition) is 1. The Morgan fingerprint density at radius 1 is 1.24 bits per heavy atom. The highest BCUT2D eigenvalue weighted by molar-refractivity contribution is 4.76. The fourth-order valence-electron chi connectivity index (χ4n) is 2.67. The van der Waals surface area contributed by atoms with Gasteiger partial charge in [0.05, 0.1) is 0 Å². The minimum atomic E-state index is 0.789. The summed E-state index contributed by atoms with van der Waals surface area (Å²) in [5.74, 6) is 1.75. The van der Waals surface area contributed by atoms with E-state index in [9.17, 15) is 0 Å². The first-order valence-corrected chi connectivity index (χ1v) is 7.50. The van der Waals surface area contributed by atoms with Crippen LogP contribution in [0.5, 0.6) is 0 Å². The Morgan fingerprint density at radius 2 is 2.00 bits per heavy atom. The summed E-state index contributed by atoms with van der Waals surface area (Å²) >= 11 is 0. The second kappa shape index (κ2) is 8.10. The fraction of sp³-hybridized carbons (Fsp3) is 1.00. The molecular weight excluding hydrogens is 208 g/mol. The molecule has 0 bridgehead atoms. The topological polar surface area (TPSA) is 15.3 Å². The van der Waals surface area contributed by atoms with Crippen molar-refractivity contribution in [2.45, 2.75) is 58.9 Å². The largest absolute Gasteiger partial charge is 0.313 e. The quantitative estimate of drug-likeness (QED) is 0.735. The van der Waals surface area contributed by atoms with Gasteiger partial charge in [-0.2, -0.15) is 0 Å². The zero-order valence-corrected chi connectivity index (χ0v) is 12.3. The first-order valence-electron chi connectivity index (χ1n) is 7.50. The predicted molar refractivity (Wildman–Crippen MR) is 76.4 cm³/mol. The smallest absolute Gasteiger partial charge is 0.0104 e. The predicted octanol–water partition coefficient (Wildman–Crippen LogP) is 3.13. The lowest BCUT2D eigenvalue weighted by atomic mass is 9.87. The Morgan fingerprint density at radius 3 is 2.65 bits per heavy atom. The van der Waals surface area contributed by atoms with Crippen molar-refractivity contribution >= 4 is 0 Å². The van der Waals surface area contributed by atoms with E-state index in [2.05, 4.69) is 38.0 Å². The van der Waals surface area contributed by atoms with Crippen LogP contribution in [0.1, 0.15) is 52.9 Å². The Hall–Kier alpha value is -0.0800. The SMILES string of the molecule is CC(C)CCN(C)CCNC1CCCC(C)C1. The summed E-state index contributed by atoms with van der Waals surface area (Å²) in [5.41, 5.74) is 0. The standard InChI is InChI=1S/C15H32N2/c1-13(2)8-10-17(4)11-9-16-15-7-5-6-14(3)12-15/h13-16H,5-12H2,1-4H3. The molecule has 2 nitrogen and oxygen atoms in total. The molecule has 1 aliphatic carbocycles. The highest BCUT2D eigenvalue weighted by atomic mass is 15.1. The summed E-state index contributed by atoms with van der Waals surface area (Å²) < 4.78 is 0. The van der Waals surface area contributed by atoms with E-state index in [1.165, 1.54) is 45.2 Å². The van der Waals surface area contributed by atoms with E-state index in [-0.39, 0.29) is 0 Å². The van der Waals surface area contributed by atoms with Gasteiger partial charge in [-0.15, -0.1) is 0 Å². The molecule has 0 aromatic rings. The van der Waals surface area contributed by atoms with Crippen molar-refractivity contribution in [2.75, 3.05) is 26.7 Å². The van der Waals surface area contributed by atoms with E-state index in [1.54, 1.807) is 0 Å². The lowest BCUT2D eigenvalue weighted by molar-refractivity contribution is 0.271. The molecule has 17 heavy (non-hydrogen) atoms. The maximum Gasteiger partial charge on any atom is 0.0104 e. The van der Waals surface area contributed by atoms with Crippen molar-refractivity contribution in [3.63, 3.8) is 0 Å². The van der Waals surface area contributed by atoms with Crippen molar-refractivity contribution in [1.82, 2.24) is 10.2 Å². The molecular formula is C15H32N2. The van der Waals surface area contributed by atoms with Crippen LogP contribution in [-0.2, 0) is 0 Å². The van der Waals surface area contributed by atoms with Crippen LogP contribution in [0, 0.1) is 11.8 Å². The third-order valence-electron chi connectivity index (χ3n) is 3.95. The highest BCUT2D eigenvalue weighted by Gasteiger charge is 2.17. The number of rotatable bonds is 7. The molecule has 2 atom stereocenters. The summed E-state index contributed by atoms with van der Waals surface area (Å²) in [6.07, 6.45) is 6.95. The van der Waals surface area contributed by atoms with Gasteiger partial charge in [-0.1, -0.05) is 33.6 Å². The van der Waals surface area contributed by atoms with Gasteiger partial charge in [-0.05, 0) is 44.7 Å². The van der Waals surface area contributed by atoms with Crippen LogP contribution >= 0.6 is 0 Å². The van der Waals surface area contributed by atoms with E-state index in [0.29, 0.717) is 0 Å². The second-order valence-electron chi connectivity index (χ2n) is 6.41. The summed E-state index contributed by atoms with van der Waals surface area (Å²) in [4.78, 5) is 2.46. The van der Waals surface area contributed by atoms with Gasteiger partial charge in [0.25, 0.3) is 0 Å². The van der Waals surface area contributed by atoms with Crippen LogP contribution < -0.4 is 5.32 Å². The summed E-state index contributed by atoms with van der Waals surface area (Å²) in [6.45, 7) is 10.6. The van der Waals surface area contributed by atoms with Gasteiger partial charge in [0.2, 0.25) is 0 Å². The maximum atomic E-state index is 3.73. The van der Waals surface area contributed by atoms with E-state index in [4.69, 9.17) is 0 Å².